The molecule has 0 N–H and O–H groups in total. The number of ether oxygens (including phenoxy) is 1. The molecule has 0 fully saturated rings. The number of allylic oxidation sites excluding steroid dienone is 1. The Hall–Kier alpha value is -2.58. The molecule has 0 aliphatic rings. The van der Waals surface area contributed by atoms with Crippen LogP contribution >= 0.6 is 0 Å². The highest BCUT2D eigenvalue weighted by molar-refractivity contribution is 7.95. The van der Waals surface area contributed by atoms with Gasteiger partial charge in [0, 0.05) is 0 Å². The summed E-state index contributed by atoms with van der Waals surface area (Å²) in [5.74, 6) is 0.696. The van der Waals surface area contributed by atoms with Gasteiger partial charge in [-0.2, -0.15) is 5.26 Å². The molecule has 0 amide bonds. The lowest BCUT2D eigenvalue weighted by Crippen LogP contribution is -2.05. The van der Waals surface area contributed by atoms with E-state index in [2.05, 4.69) is 0 Å². The van der Waals surface area contributed by atoms with Gasteiger partial charge < -0.3 is 4.74 Å². The highest BCUT2D eigenvalue weighted by atomic mass is 32.2. The maximum absolute atomic E-state index is 12.5. The molecule has 2 rings (SSSR count). The minimum absolute atomic E-state index is 0.0597. The number of hydrogen-bond acceptors (Lipinski definition) is 4. The fourth-order valence-corrected chi connectivity index (χ4v) is 3.14. The van der Waals surface area contributed by atoms with Crippen LogP contribution in [0.2, 0.25) is 0 Å². The van der Waals surface area contributed by atoms with Crippen molar-refractivity contribution in [3.63, 3.8) is 0 Å². The standard InChI is InChI=1S/C18H17NO3S/c1-14(2)22-16-10-8-15(9-11-16)12-18(13-19)23(20,21)17-6-4-3-5-7-17/h3-12,14H,1-2H3. The average molecular weight is 327 g/mol. The van der Waals surface area contributed by atoms with Gasteiger partial charge in [-0.1, -0.05) is 30.3 Å². The third kappa shape index (κ3) is 4.21. The Kier molecular flexibility index (Phi) is 5.20. The zero-order valence-electron chi connectivity index (χ0n) is 12.9. The number of nitriles is 1. The maximum Gasteiger partial charge on any atom is 0.216 e. The molecule has 0 saturated carbocycles. The second-order valence-electron chi connectivity index (χ2n) is 5.17. The van der Waals surface area contributed by atoms with Crippen molar-refractivity contribution in [2.45, 2.75) is 24.8 Å². The minimum Gasteiger partial charge on any atom is -0.491 e. The van der Waals surface area contributed by atoms with Crippen LogP contribution in [0, 0.1) is 11.3 Å². The topological polar surface area (TPSA) is 67.2 Å². The Balaban J connectivity index is 2.34. The Bertz CT molecular complexity index is 830. The van der Waals surface area contributed by atoms with E-state index in [1.165, 1.54) is 18.2 Å². The normalized spacial score (nSPS) is 12.0. The van der Waals surface area contributed by atoms with Crippen LogP contribution in [0.1, 0.15) is 19.4 Å². The van der Waals surface area contributed by atoms with Crippen molar-refractivity contribution in [3.8, 4) is 11.8 Å². The van der Waals surface area contributed by atoms with E-state index in [1.807, 2.05) is 13.8 Å². The smallest absolute Gasteiger partial charge is 0.216 e. The van der Waals surface area contributed by atoms with Crippen molar-refractivity contribution in [2.24, 2.45) is 0 Å². The second kappa shape index (κ2) is 7.12. The molecule has 0 unspecified atom stereocenters. The Labute approximate surface area is 136 Å². The van der Waals surface area contributed by atoms with Crippen LogP contribution in [0.4, 0.5) is 0 Å². The van der Waals surface area contributed by atoms with Gasteiger partial charge in [-0.25, -0.2) is 8.42 Å². The summed E-state index contributed by atoms with van der Waals surface area (Å²) < 4.78 is 30.5. The number of hydrogen-bond donors (Lipinski definition) is 0. The lowest BCUT2D eigenvalue weighted by Gasteiger charge is -2.09. The molecule has 0 aliphatic heterocycles. The molecule has 0 aromatic heterocycles. The molecule has 0 spiro atoms. The molecule has 2 aromatic carbocycles. The lowest BCUT2D eigenvalue weighted by atomic mass is 10.2. The van der Waals surface area contributed by atoms with Gasteiger partial charge in [0.1, 0.15) is 16.7 Å². The molecular weight excluding hydrogens is 310 g/mol. The summed E-state index contributed by atoms with van der Waals surface area (Å²) in [6.07, 6.45) is 1.42. The summed E-state index contributed by atoms with van der Waals surface area (Å²) >= 11 is 0. The van der Waals surface area contributed by atoms with Crippen molar-refractivity contribution >= 4 is 15.9 Å². The Morgan fingerprint density at radius 3 is 2.22 bits per heavy atom. The minimum atomic E-state index is -3.81. The summed E-state index contributed by atoms with van der Waals surface area (Å²) in [5, 5.41) is 9.24. The van der Waals surface area contributed by atoms with Gasteiger partial charge in [-0.3, -0.25) is 0 Å². The van der Waals surface area contributed by atoms with Crippen molar-refractivity contribution in [1.82, 2.24) is 0 Å². The lowest BCUT2D eigenvalue weighted by molar-refractivity contribution is 0.242. The van der Waals surface area contributed by atoms with E-state index < -0.39 is 9.84 Å². The van der Waals surface area contributed by atoms with Crippen molar-refractivity contribution < 1.29 is 13.2 Å². The molecule has 0 atom stereocenters. The highest BCUT2D eigenvalue weighted by Gasteiger charge is 2.20. The third-order valence-electron chi connectivity index (χ3n) is 3.00. The number of nitrogens with zero attached hydrogens (tertiary/aromatic N) is 1. The van der Waals surface area contributed by atoms with Crippen molar-refractivity contribution in [1.29, 1.82) is 5.26 Å². The van der Waals surface area contributed by atoms with Gasteiger partial charge in [0.05, 0.1) is 11.0 Å². The predicted octanol–water partition coefficient (Wildman–Crippen LogP) is 3.81. The molecule has 118 valence electrons. The van der Waals surface area contributed by atoms with Crippen LogP contribution in [0.5, 0.6) is 5.75 Å². The van der Waals surface area contributed by atoms with Gasteiger partial charge in [-0.05, 0) is 49.8 Å². The van der Waals surface area contributed by atoms with Gasteiger partial charge in [-0.15, -0.1) is 0 Å². The maximum atomic E-state index is 12.5. The Morgan fingerprint density at radius 1 is 1.09 bits per heavy atom. The van der Waals surface area contributed by atoms with Gasteiger partial charge in [0.2, 0.25) is 9.84 Å². The average Bonchev–Trinajstić information content (AvgIpc) is 2.54. The van der Waals surface area contributed by atoms with Crippen LogP contribution in [0.25, 0.3) is 6.08 Å². The number of benzene rings is 2. The van der Waals surface area contributed by atoms with Gasteiger partial charge >= 0.3 is 0 Å². The number of sulfone groups is 1. The first-order chi connectivity index (χ1) is 10.9. The molecule has 23 heavy (non-hydrogen) atoms. The largest absolute Gasteiger partial charge is 0.491 e. The van der Waals surface area contributed by atoms with Crippen LogP contribution < -0.4 is 4.74 Å². The zero-order chi connectivity index (χ0) is 16.9. The van der Waals surface area contributed by atoms with Crippen LogP contribution in [-0.2, 0) is 9.84 Å². The quantitative estimate of drug-likeness (QED) is 0.783. The first-order valence-electron chi connectivity index (χ1n) is 7.12. The van der Waals surface area contributed by atoms with Gasteiger partial charge in [0.25, 0.3) is 0 Å². The molecule has 5 heteroatoms. The first kappa shape index (κ1) is 16.8. The van der Waals surface area contributed by atoms with E-state index in [9.17, 15) is 13.7 Å². The molecule has 0 aliphatic carbocycles. The van der Waals surface area contributed by atoms with Crippen molar-refractivity contribution in [3.05, 3.63) is 65.1 Å². The monoisotopic (exact) mass is 327 g/mol. The summed E-state index contributed by atoms with van der Waals surface area (Å²) in [6, 6.07) is 16.6. The van der Waals surface area contributed by atoms with Crippen LogP contribution in [0.15, 0.2) is 64.4 Å². The van der Waals surface area contributed by atoms with E-state index in [-0.39, 0.29) is 15.9 Å². The third-order valence-corrected chi connectivity index (χ3v) is 4.68. The summed E-state index contributed by atoms with van der Waals surface area (Å²) in [4.78, 5) is -0.186. The fourth-order valence-electron chi connectivity index (χ4n) is 1.96. The second-order valence-corrected chi connectivity index (χ2v) is 7.09. The van der Waals surface area contributed by atoms with E-state index in [0.717, 1.165) is 0 Å². The van der Waals surface area contributed by atoms with Crippen LogP contribution in [0.3, 0.4) is 0 Å². The first-order valence-corrected chi connectivity index (χ1v) is 8.60. The molecule has 0 bridgehead atoms. The van der Waals surface area contributed by atoms with E-state index >= 15 is 0 Å². The molecular formula is C18H17NO3S. The molecule has 0 heterocycles. The fraction of sp³-hybridized carbons (Fsp3) is 0.167. The SMILES string of the molecule is CC(C)Oc1ccc(C=C(C#N)S(=O)(=O)c2ccccc2)cc1. The van der Waals surface area contributed by atoms with Crippen LogP contribution in [-0.4, -0.2) is 14.5 Å². The molecule has 0 saturated heterocycles. The molecule has 2 aromatic rings. The highest BCUT2D eigenvalue weighted by Crippen LogP contribution is 2.22. The number of rotatable bonds is 5. The Morgan fingerprint density at radius 2 is 1.70 bits per heavy atom. The summed E-state index contributed by atoms with van der Waals surface area (Å²) in [7, 11) is -3.81. The van der Waals surface area contributed by atoms with E-state index in [4.69, 9.17) is 4.74 Å². The molecule has 4 nitrogen and oxygen atoms in total. The van der Waals surface area contributed by atoms with Gasteiger partial charge in [0.15, 0.2) is 0 Å². The predicted molar refractivity (Wildman–Crippen MR) is 89.4 cm³/mol. The summed E-state index contributed by atoms with van der Waals surface area (Å²) in [6.45, 7) is 3.85. The van der Waals surface area contributed by atoms with E-state index in [0.29, 0.717) is 11.3 Å². The van der Waals surface area contributed by atoms with Crippen molar-refractivity contribution in [2.75, 3.05) is 0 Å². The van der Waals surface area contributed by atoms with E-state index in [1.54, 1.807) is 48.5 Å². The molecule has 0 radical (unpaired) electrons. The zero-order valence-corrected chi connectivity index (χ0v) is 13.7. The summed E-state index contributed by atoms with van der Waals surface area (Å²) in [5.41, 5.74) is 0.622.